The predicted octanol–water partition coefficient (Wildman–Crippen LogP) is 6.98. The molecular weight excluding hydrogens is 410 g/mol. The minimum Gasteiger partial charge on any atom is -0.497 e. The summed E-state index contributed by atoms with van der Waals surface area (Å²) < 4.78 is 13.6. The summed E-state index contributed by atoms with van der Waals surface area (Å²) in [4.78, 5) is 14.0. The lowest BCUT2D eigenvalue weighted by Crippen LogP contribution is -2.01. The molecule has 0 spiro atoms. The van der Waals surface area contributed by atoms with Crippen molar-refractivity contribution < 1.29 is 13.9 Å². The fraction of sp³-hybridized carbons (Fsp3) is 0.0690. The molecule has 4 nitrogen and oxygen atoms in total. The highest BCUT2D eigenvalue weighted by Crippen LogP contribution is 2.41. The topological polar surface area (TPSA) is 44.4 Å². The monoisotopic (exact) mass is 431 g/mol. The minimum absolute atomic E-state index is 0.127. The zero-order valence-electron chi connectivity index (χ0n) is 18.3. The number of aromatic nitrogens is 1. The highest BCUT2D eigenvalue weighted by Gasteiger charge is 2.26. The van der Waals surface area contributed by atoms with E-state index >= 15 is 0 Å². The third kappa shape index (κ3) is 2.95. The number of furan rings is 1. The second-order valence-electron chi connectivity index (χ2n) is 8.19. The molecule has 33 heavy (non-hydrogen) atoms. The van der Waals surface area contributed by atoms with Crippen LogP contribution in [0.15, 0.2) is 95.5 Å². The minimum atomic E-state index is -0.127. The van der Waals surface area contributed by atoms with Crippen molar-refractivity contribution in [1.29, 1.82) is 0 Å². The fourth-order valence-electron chi connectivity index (χ4n) is 4.71. The molecule has 4 heteroatoms. The standard InChI is InChI=1S/C29H21NO3/c1-30-17-23(22-9-5-6-10-24(22)30)28(31)29-26(19-11-14-20(32-2)15-12-19)27-21-8-4-3-7-18(21)13-16-25(27)33-29/h3-17H,1-2H3. The molecule has 6 aromatic rings. The maximum atomic E-state index is 14.0. The number of hydrogen-bond acceptors (Lipinski definition) is 3. The van der Waals surface area contributed by atoms with Crippen LogP contribution in [0, 0.1) is 0 Å². The molecule has 0 aliphatic heterocycles. The number of nitrogens with zero attached hydrogens (tertiary/aromatic N) is 1. The Morgan fingerprint density at radius 1 is 0.848 bits per heavy atom. The Morgan fingerprint density at radius 3 is 2.36 bits per heavy atom. The molecule has 0 aliphatic rings. The van der Waals surface area contributed by atoms with Gasteiger partial charge in [-0.1, -0.05) is 60.7 Å². The van der Waals surface area contributed by atoms with Crippen LogP contribution in [0.4, 0.5) is 0 Å². The summed E-state index contributed by atoms with van der Waals surface area (Å²) in [6, 6.07) is 27.9. The first kappa shape index (κ1) is 19.4. The Kier molecular flexibility index (Phi) is 4.34. The first-order valence-corrected chi connectivity index (χ1v) is 10.8. The van der Waals surface area contributed by atoms with E-state index in [0.717, 1.165) is 43.9 Å². The van der Waals surface area contributed by atoms with Crippen molar-refractivity contribution in [2.75, 3.05) is 7.11 Å². The van der Waals surface area contributed by atoms with Gasteiger partial charge in [0.1, 0.15) is 11.3 Å². The van der Waals surface area contributed by atoms with Crippen molar-refractivity contribution in [2.45, 2.75) is 0 Å². The fourth-order valence-corrected chi connectivity index (χ4v) is 4.71. The van der Waals surface area contributed by atoms with Gasteiger partial charge in [0.2, 0.25) is 5.78 Å². The van der Waals surface area contributed by atoms with Crippen LogP contribution in [-0.4, -0.2) is 17.5 Å². The SMILES string of the molecule is COc1ccc(-c2c(C(=O)c3cn(C)c4ccccc34)oc3ccc4ccccc4c23)cc1. The molecule has 0 bridgehead atoms. The van der Waals surface area contributed by atoms with Gasteiger partial charge in [-0.3, -0.25) is 4.79 Å². The van der Waals surface area contributed by atoms with Gasteiger partial charge in [-0.05, 0) is 40.6 Å². The summed E-state index contributed by atoms with van der Waals surface area (Å²) in [5, 5.41) is 4.02. The van der Waals surface area contributed by atoms with Gasteiger partial charge in [-0.15, -0.1) is 0 Å². The van der Waals surface area contributed by atoms with E-state index in [-0.39, 0.29) is 5.78 Å². The summed E-state index contributed by atoms with van der Waals surface area (Å²) in [6.45, 7) is 0. The molecule has 0 unspecified atom stereocenters. The number of methoxy groups -OCH3 is 1. The number of ether oxygens (including phenoxy) is 1. The predicted molar refractivity (Wildman–Crippen MR) is 132 cm³/mol. The third-order valence-corrected chi connectivity index (χ3v) is 6.31. The molecular formula is C29H21NO3. The Morgan fingerprint density at radius 2 is 1.58 bits per heavy atom. The van der Waals surface area contributed by atoms with Gasteiger partial charge in [-0.25, -0.2) is 0 Å². The van der Waals surface area contributed by atoms with Crippen LogP contribution in [0.2, 0.25) is 0 Å². The molecule has 0 radical (unpaired) electrons. The molecule has 0 saturated carbocycles. The van der Waals surface area contributed by atoms with Crippen LogP contribution in [0.25, 0.3) is 43.8 Å². The molecule has 0 fully saturated rings. The molecule has 160 valence electrons. The van der Waals surface area contributed by atoms with E-state index in [4.69, 9.17) is 9.15 Å². The second kappa shape index (κ2) is 7.38. The van der Waals surface area contributed by atoms with Crippen LogP contribution >= 0.6 is 0 Å². The zero-order valence-corrected chi connectivity index (χ0v) is 18.3. The largest absolute Gasteiger partial charge is 0.497 e. The van der Waals surface area contributed by atoms with Crippen molar-refractivity contribution >= 4 is 38.4 Å². The van der Waals surface area contributed by atoms with Crippen LogP contribution in [0.3, 0.4) is 0 Å². The van der Waals surface area contributed by atoms with Crippen molar-refractivity contribution in [1.82, 2.24) is 4.57 Å². The van der Waals surface area contributed by atoms with Crippen molar-refractivity contribution in [3.8, 4) is 16.9 Å². The highest BCUT2D eigenvalue weighted by molar-refractivity contribution is 6.23. The number of hydrogen-bond donors (Lipinski definition) is 0. The van der Waals surface area contributed by atoms with E-state index in [1.54, 1.807) is 7.11 Å². The van der Waals surface area contributed by atoms with Gasteiger partial charge in [-0.2, -0.15) is 0 Å². The summed E-state index contributed by atoms with van der Waals surface area (Å²) in [5.74, 6) is 0.985. The molecule has 0 aliphatic carbocycles. The Balaban J connectivity index is 1.67. The summed E-state index contributed by atoms with van der Waals surface area (Å²) in [5.41, 5.74) is 4.06. The molecule has 2 heterocycles. The lowest BCUT2D eigenvalue weighted by atomic mass is 9.95. The average Bonchev–Trinajstić information content (AvgIpc) is 3.42. The van der Waals surface area contributed by atoms with Gasteiger partial charge < -0.3 is 13.7 Å². The Labute approximate surface area is 190 Å². The van der Waals surface area contributed by atoms with E-state index < -0.39 is 0 Å². The molecule has 2 aromatic heterocycles. The Hall–Kier alpha value is -4.31. The number of fused-ring (bicyclic) bond motifs is 4. The first-order chi connectivity index (χ1) is 16.2. The van der Waals surface area contributed by atoms with Crippen LogP contribution in [-0.2, 0) is 7.05 Å². The molecule has 0 saturated heterocycles. The molecule has 0 atom stereocenters. The van der Waals surface area contributed by atoms with E-state index in [9.17, 15) is 4.79 Å². The first-order valence-electron chi connectivity index (χ1n) is 10.8. The smallest absolute Gasteiger partial charge is 0.231 e. The van der Waals surface area contributed by atoms with Gasteiger partial charge in [0.25, 0.3) is 0 Å². The molecule has 0 amide bonds. The van der Waals surface area contributed by atoms with Crippen molar-refractivity contribution in [3.63, 3.8) is 0 Å². The van der Waals surface area contributed by atoms with Gasteiger partial charge in [0.05, 0.1) is 12.7 Å². The number of para-hydroxylation sites is 1. The lowest BCUT2D eigenvalue weighted by molar-refractivity contribution is 0.101. The van der Waals surface area contributed by atoms with Crippen molar-refractivity contribution in [3.05, 3.63) is 102 Å². The van der Waals surface area contributed by atoms with E-state index in [0.29, 0.717) is 16.9 Å². The van der Waals surface area contributed by atoms with Crippen LogP contribution < -0.4 is 4.74 Å². The maximum Gasteiger partial charge on any atom is 0.231 e. The molecule has 0 N–H and O–H groups in total. The number of aryl methyl sites for hydroxylation is 1. The van der Waals surface area contributed by atoms with E-state index in [2.05, 4.69) is 12.1 Å². The summed E-state index contributed by atoms with van der Waals surface area (Å²) in [6.07, 6.45) is 1.89. The van der Waals surface area contributed by atoms with Gasteiger partial charge >= 0.3 is 0 Å². The molecule has 6 rings (SSSR count). The van der Waals surface area contributed by atoms with Gasteiger partial charge in [0.15, 0.2) is 5.76 Å². The number of carbonyl (C=O) groups excluding carboxylic acids is 1. The second-order valence-corrected chi connectivity index (χ2v) is 8.19. The number of carbonyl (C=O) groups is 1. The van der Waals surface area contributed by atoms with Crippen LogP contribution in [0.5, 0.6) is 5.75 Å². The molecule has 4 aromatic carbocycles. The summed E-state index contributed by atoms with van der Waals surface area (Å²) in [7, 11) is 3.60. The van der Waals surface area contributed by atoms with Crippen LogP contribution in [0.1, 0.15) is 16.1 Å². The third-order valence-electron chi connectivity index (χ3n) is 6.31. The van der Waals surface area contributed by atoms with E-state index in [1.807, 2.05) is 90.6 Å². The number of rotatable bonds is 4. The van der Waals surface area contributed by atoms with Crippen molar-refractivity contribution in [2.24, 2.45) is 7.05 Å². The maximum absolute atomic E-state index is 14.0. The quantitative estimate of drug-likeness (QED) is 0.283. The number of benzene rings is 4. The average molecular weight is 431 g/mol. The summed E-state index contributed by atoms with van der Waals surface area (Å²) >= 11 is 0. The number of ketones is 1. The van der Waals surface area contributed by atoms with Gasteiger partial charge in [0, 0.05) is 35.1 Å². The lowest BCUT2D eigenvalue weighted by Gasteiger charge is -2.06. The normalized spacial score (nSPS) is 11.5. The Bertz CT molecular complexity index is 1670. The van der Waals surface area contributed by atoms with E-state index in [1.165, 1.54) is 0 Å². The highest BCUT2D eigenvalue weighted by atomic mass is 16.5. The zero-order chi connectivity index (χ0) is 22.5.